The summed E-state index contributed by atoms with van der Waals surface area (Å²) in [6.45, 7) is 10.0. The van der Waals surface area contributed by atoms with Crippen LogP contribution in [0.4, 0.5) is 11.5 Å². The SMILES string of the molecule is CC.CCC(C)n1nc(C)c(N)c1N. The van der Waals surface area contributed by atoms with E-state index in [0.717, 1.165) is 12.1 Å². The van der Waals surface area contributed by atoms with Gasteiger partial charge in [0.15, 0.2) is 0 Å². The topological polar surface area (TPSA) is 69.9 Å². The third kappa shape index (κ3) is 2.40. The largest absolute Gasteiger partial charge is 0.394 e. The molecular formula is C10H22N4. The van der Waals surface area contributed by atoms with Crippen molar-refractivity contribution in [2.24, 2.45) is 0 Å². The quantitative estimate of drug-likeness (QED) is 0.766. The summed E-state index contributed by atoms with van der Waals surface area (Å²) in [5.41, 5.74) is 12.9. The van der Waals surface area contributed by atoms with Crippen molar-refractivity contribution < 1.29 is 0 Å². The van der Waals surface area contributed by atoms with E-state index in [1.807, 2.05) is 20.8 Å². The summed E-state index contributed by atoms with van der Waals surface area (Å²) >= 11 is 0. The van der Waals surface area contributed by atoms with Crippen LogP contribution in [0.3, 0.4) is 0 Å². The van der Waals surface area contributed by atoms with Crippen LogP contribution in [-0.4, -0.2) is 9.78 Å². The predicted octanol–water partition coefficient (Wildman–Crippen LogP) is 2.35. The van der Waals surface area contributed by atoms with Gasteiger partial charge in [0.25, 0.3) is 0 Å². The molecule has 0 saturated carbocycles. The number of nitrogens with zero attached hydrogens (tertiary/aromatic N) is 2. The molecule has 0 spiro atoms. The summed E-state index contributed by atoms with van der Waals surface area (Å²) < 4.78 is 1.78. The summed E-state index contributed by atoms with van der Waals surface area (Å²) in [5.74, 6) is 0.585. The zero-order valence-electron chi connectivity index (χ0n) is 9.83. The van der Waals surface area contributed by atoms with Crippen LogP contribution in [0, 0.1) is 6.92 Å². The number of hydrogen-bond acceptors (Lipinski definition) is 3. The number of aromatic nitrogens is 2. The monoisotopic (exact) mass is 198 g/mol. The molecule has 1 aromatic heterocycles. The highest BCUT2D eigenvalue weighted by molar-refractivity contribution is 5.61. The second-order valence-electron chi connectivity index (χ2n) is 3.09. The molecular weight excluding hydrogens is 176 g/mol. The molecule has 0 aliphatic heterocycles. The summed E-state index contributed by atoms with van der Waals surface area (Å²) in [4.78, 5) is 0. The highest BCUT2D eigenvalue weighted by Crippen LogP contribution is 2.23. The van der Waals surface area contributed by atoms with Crippen molar-refractivity contribution in [2.75, 3.05) is 11.5 Å². The van der Waals surface area contributed by atoms with Crippen LogP contribution < -0.4 is 11.5 Å². The average Bonchev–Trinajstić information content (AvgIpc) is 2.48. The van der Waals surface area contributed by atoms with Gasteiger partial charge in [0, 0.05) is 0 Å². The fourth-order valence-electron chi connectivity index (χ4n) is 1.09. The predicted molar refractivity (Wildman–Crippen MR) is 62.1 cm³/mol. The third-order valence-corrected chi connectivity index (χ3v) is 2.18. The first-order valence-electron chi connectivity index (χ1n) is 5.18. The van der Waals surface area contributed by atoms with Gasteiger partial charge in [0.2, 0.25) is 0 Å². The lowest BCUT2D eigenvalue weighted by Crippen LogP contribution is -2.09. The Morgan fingerprint density at radius 1 is 1.36 bits per heavy atom. The second kappa shape index (κ2) is 5.52. The fraction of sp³-hybridized carbons (Fsp3) is 0.700. The minimum atomic E-state index is 0.320. The highest BCUT2D eigenvalue weighted by Gasteiger charge is 2.12. The van der Waals surface area contributed by atoms with Crippen molar-refractivity contribution in [1.29, 1.82) is 0 Å². The molecule has 0 aromatic carbocycles. The Kier molecular flexibility index (Phi) is 5.05. The smallest absolute Gasteiger partial charge is 0.145 e. The number of aryl methyl sites for hydroxylation is 1. The molecule has 1 aromatic rings. The van der Waals surface area contributed by atoms with Gasteiger partial charge >= 0.3 is 0 Å². The van der Waals surface area contributed by atoms with Gasteiger partial charge in [0.05, 0.1) is 17.4 Å². The van der Waals surface area contributed by atoms with Gasteiger partial charge in [-0.05, 0) is 20.3 Å². The number of nitrogens with two attached hydrogens (primary N) is 2. The van der Waals surface area contributed by atoms with Gasteiger partial charge in [-0.15, -0.1) is 0 Å². The second-order valence-corrected chi connectivity index (χ2v) is 3.09. The Balaban J connectivity index is 0.000000791. The van der Waals surface area contributed by atoms with Crippen LogP contribution in [0.1, 0.15) is 45.9 Å². The normalized spacial score (nSPS) is 11.8. The van der Waals surface area contributed by atoms with Gasteiger partial charge in [-0.3, -0.25) is 0 Å². The minimum absolute atomic E-state index is 0.320. The van der Waals surface area contributed by atoms with E-state index in [4.69, 9.17) is 11.5 Å². The summed E-state index contributed by atoms with van der Waals surface area (Å²) in [6, 6.07) is 0.320. The lowest BCUT2D eigenvalue weighted by atomic mass is 10.3. The van der Waals surface area contributed by atoms with E-state index < -0.39 is 0 Å². The zero-order valence-corrected chi connectivity index (χ0v) is 9.83. The highest BCUT2D eigenvalue weighted by atomic mass is 15.3. The van der Waals surface area contributed by atoms with Crippen molar-refractivity contribution in [3.8, 4) is 0 Å². The van der Waals surface area contributed by atoms with Crippen LogP contribution in [0.5, 0.6) is 0 Å². The molecule has 0 bridgehead atoms. The van der Waals surface area contributed by atoms with Crippen LogP contribution >= 0.6 is 0 Å². The molecule has 0 radical (unpaired) electrons. The van der Waals surface area contributed by atoms with Crippen molar-refractivity contribution in [3.63, 3.8) is 0 Å². The van der Waals surface area contributed by atoms with Crippen LogP contribution in [0.2, 0.25) is 0 Å². The van der Waals surface area contributed by atoms with Gasteiger partial charge < -0.3 is 11.5 Å². The van der Waals surface area contributed by atoms with Gasteiger partial charge in [-0.2, -0.15) is 5.10 Å². The van der Waals surface area contributed by atoms with Gasteiger partial charge in [0.1, 0.15) is 5.82 Å². The zero-order chi connectivity index (χ0) is 11.3. The summed E-state index contributed by atoms with van der Waals surface area (Å²) in [7, 11) is 0. The van der Waals surface area contributed by atoms with E-state index in [1.165, 1.54) is 0 Å². The number of hydrogen-bond donors (Lipinski definition) is 2. The molecule has 4 heteroatoms. The molecule has 1 atom stereocenters. The Labute approximate surface area is 86.3 Å². The standard InChI is InChI=1S/C8H16N4.C2H6/c1-4-5(2)12-8(10)7(9)6(3)11-12;1-2/h5H,4,9-10H2,1-3H3;1-2H3. The number of anilines is 2. The van der Waals surface area contributed by atoms with Crippen LogP contribution in [0.15, 0.2) is 0 Å². The minimum Gasteiger partial charge on any atom is -0.394 e. The maximum absolute atomic E-state index is 5.76. The van der Waals surface area contributed by atoms with Gasteiger partial charge in [-0.25, -0.2) is 4.68 Å². The first kappa shape index (κ1) is 12.8. The maximum Gasteiger partial charge on any atom is 0.145 e. The lowest BCUT2D eigenvalue weighted by Gasteiger charge is -2.10. The molecule has 82 valence electrons. The molecule has 0 aliphatic rings. The third-order valence-electron chi connectivity index (χ3n) is 2.18. The van der Waals surface area contributed by atoms with E-state index in [0.29, 0.717) is 17.5 Å². The van der Waals surface area contributed by atoms with Crippen molar-refractivity contribution in [3.05, 3.63) is 5.69 Å². The molecule has 4 N–H and O–H groups in total. The molecule has 14 heavy (non-hydrogen) atoms. The first-order chi connectivity index (χ1) is 6.57. The molecule has 0 amide bonds. The molecule has 0 saturated heterocycles. The average molecular weight is 198 g/mol. The molecule has 1 heterocycles. The summed E-state index contributed by atoms with van der Waals surface area (Å²) in [5, 5.41) is 4.25. The Hall–Kier alpha value is -1.19. The Morgan fingerprint density at radius 2 is 1.86 bits per heavy atom. The molecule has 1 unspecified atom stereocenters. The molecule has 1 rings (SSSR count). The van der Waals surface area contributed by atoms with Crippen molar-refractivity contribution >= 4 is 11.5 Å². The first-order valence-corrected chi connectivity index (χ1v) is 5.18. The fourth-order valence-corrected chi connectivity index (χ4v) is 1.09. The van der Waals surface area contributed by atoms with E-state index in [1.54, 1.807) is 4.68 Å². The van der Waals surface area contributed by atoms with E-state index in [-0.39, 0.29) is 0 Å². The number of rotatable bonds is 2. The number of nitrogen functional groups attached to an aromatic ring is 2. The van der Waals surface area contributed by atoms with Crippen molar-refractivity contribution in [1.82, 2.24) is 9.78 Å². The maximum atomic E-state index is 5.76. The Morgan fingerprint density at radius 3 is 2.14 bits per heavy atom. The van der Waals surface area contributed by atoms with E-state index in [9.17, 15) is 0 Å². The van der Waals surface area contributed by atoms with Crippen LogP contribution in [0.25, 0.3) is 0 Å². The van der Waals surface area contributed by atoms with E-state index in [2.05, 4.69) is 18.9 Å². The summed E-state index contributed by atoms with van der Waals surface area (Å²) in [6.07, 6.45) is 1.00. The van der Waals surface area contributed by atoms with Crippen LogP contribution in [-0.2, 0) is 0 Å². The van der Waals surface area contributed by atoms with E-state index >= 15 is 0 Å². The van der Waals surface area contributed by atoms with Crippen molar-refractivity contribution in [2.45, 2.75) is 47.1 Å². The molecule has 0 fully saturated rings. The lowest BCUT2D eigenvalue weighted by molar-refractivity contribution is 0.482. The Bertz CT molecular complexity index is 278. The molecule has 4 nitrogen and oxygen atoms in total. The van der Waals surface area contributed by atoms with Gasteiger partial charge in [-0.1, -0.05) is 20.8 Å². The molecule has 0 aliphatic carbocycles.